The van der Waals surface area contributed by atoms with Gasteiger partial charge in [0, 0.05) is 12.3 Å². The first-order chi connectivity index (χ1) is 5.62. The maximum absolute atomic E-state index is 9.68. The second kappa shape index (κ2) is 6.36. The van der Waals surface area contributed by atoms with Gasteiger partial charge in [-0.1, -0.05) is 5.92 Å². The van der Waals surface area contributed by atoms with Crippen LogP contribution in [0.25, 0.3) is 0 Å². The molecule has 0 aliphatic rings. The smallest absolute Gasteiger partial charge is 0.0833 e. The Bertz CT molecular complexity index is 169. The van der Waals surface area contributed by atoms with Crippen molar-refractivity contribution < 1.29 is 5.11 Å². The van der Waals surface area contributed by atoms with Crippen LogP contribution in [0.1, 0.15) is 13.8 Å². The highest BCUT2D eigenvalue weighted by Gasteiger charge is 2.17. The van der Waals surface area contributed by atoms with E-state index in [4.69, 9.17) is 0 Å². The van der Waals surface area contributed by atoms with Gasteiger partial charge in [-0.15, -0.1) is 5.92 Å². The molecule has 0 spiro atoms. The van der Waals surface area contributed by atoms with E-state index in [1.807, 2.05) is 20.1 Å². The molecule has 0 amide bonds. The monoisotopic (exact) mass is 187 g/mol. The summed E-state index contributed by atoms with van der Waals surface area (Å²) >= 11 is 1.65. The minimum Gasteiger partial charge on any atom is -0.388 e. The van der Waals surface area contributed by atoms with Crippen LogP contribution in [-0.2, 0) is 0 Å². The van der Waals surface area contributed by atoms with E-state index in [9.17, 15) is 5.11 Å². The van der Waals surface area contributed by atoms with E-state index >= 15 is 0 Å². The van der Waals surface area contributed by atoms with E-state index in [0.717, 1.165) is 5.75 Å². The highest BCUT2D eigenvalue weighted by atomic mass is 32.2. The van der Waals surface area contributed by atoms with Crippen molar-refractivity contribution in [3.05, 3.63) is 0 Å². The van der Waals surface area contributed by atoms with E-state index in [1.54, 1.807) is 11.8 Å². The van der Waals surface area contributed by atoms with Gasteiger partial charge in [0.2, 0.25) is 0 Å². The summed E-state index contributed by atoms with van der Waals surface area (Å²) in [6.45, 7) is 4.89. The number of hydrogen-bond acceptors (Lipinski definition) is 3. The van der Waals surface area contributed by atoms with Crippen LogP contribution in [-0.4, -0.2) is 35.8 Å². The Kier molecular flexibility index (Phi) is 6.27. The molecule has 1 unspecified atom stereocenters. The van der Waals surface area contributed by atoms with Crippen LogP contribution in [0.15, 0.2) is 0 Å². The normalized spacial score (nSPS) is 14.7. The summed E-state index contributed by atoms with van der Waals surface area (Å²) < 4.78 is 0. The van der Waals surface area contributed by atoms with Gasteiger partial charge in [0.1, 0.15) is 0 Å². The lowest BCUT2D eigenvalue weighted by Gasteiger charge is -2.21. The third-order valence-corrected chi connectivity index (χ3v) is 2.26. The van der Waals surface area contributed by atoms with Crippen LogP contribution in [0.3, 0.4) is 0 Å². The van der Waals surface area contributed by atoms with Crippen molar-refractivity contribution in [3.63, 3.8) is 0 Å². The lowest BCUT2D eigenvalue weighted by atomic mass is 10.1. The molecule has 0 aliphatic carbocycles. The lowest BCUT2D eigenvalue weighted by molar-refractivity contribution is 0.0862. The fraction of sp³-hybridized carbons (Fsp3) is 0.778. The average molecular weight is 187 g/mol. The van der Waals surface area contributed by atoms with Crippen molar-refractivity contribution in [1.29, 1.82) is 0 Å². The molecular formula is C9H17NOS. The number of rotatable bonds is 5. The predicted molar refractivity (Wildman–Crippen MR) is 55.3 cm³/mol. The molecule has 0 bridgehead atoms. The highest BCUT2D eigenvalue weighted by molar-refractivity contribution is 7.98. The van der Waals surface area contributed by atoms with Crippen molar-refractivity contribution in [2.75, 3.05) is 25.1 Å². The molecule has 0 saturated heterocycles. The zero-order chi connectivity index (χ0) is 9.45. The molecule has 12 heavy (non-hydrogen) atoms. The first kappa shape index (κ1) is 11.8. The fourth-order valence-electron chi connectivity index (χ4n) is 0.845. The number of nitrogens with one attached hydrogen (secondary N) is 1. The second-order valence-electron chi connectivity index (χ2n) is 2.96. The summed E-state index contributed by atoms with van der Waals surface area (Å²) in [6, 6.07) is 0. The molecule has 1 atom stereocenters. The second-order valence-corrected chi connectivity index (χ2v) is 3.83. The summed E-state index contributed by atoms with van der Waals surface area (Å²) in [5, 5.41) is 12.8. The van der Waals surface area contributed by atoms with Crippen LogP contribution < -0.4 is 5.32 Å². The molecule has 0 heterocycles. The quantitative estimate of drug-likeness (QED) is 0.491. The molecule has 70 valence electrons. The van der Waals surface area contributed by atoms with E-state index < -0.39 is 5.60 Å². The number of thioether (sulfide) groups is 1. The molecule has 2 N–H and O–H groups in total. The molecule has 0 fully saturated rings. The third kappa shape index (κ3) is 6.53. The van der Waals surface area contributed by atoms with E-state index in [0.29, 0.717) is 13.1 Å². The maximum atomic E-state index is 9.68. The van der Waals surface area contributed by atoms with Gasteiger partial charge in [0.15, 0.2) is 0 Å². The molecule has 0 aromatic rings. The lowest BCUT2D eigenvalue weighted by Crippen LogP contribution is -2.40. The van der Waals surface area contributed by atoms with Crippen molar-refractivity contribution in [2.24, 2.45) is 0 Å². The molecule has 0 rings (SSSR count). The van der Waals surface area contributed by atoms with Crippen LogP contribution in [0.5, 0.6) is 0 Å². The molecule has 0 aromatic heterocycles. The predicted octanol–water partition coefficient (Wildman–Crippen LogP) is 0.713. The number of aliphatic hydroxyl groups is 1. The minimum absolute atomic E-state index is 0.600. The molecule has 0 radical (unpaired) electrons. The van der Waals surface area contributed by atoms with Gasteiger partial charge in [0.25, 0.3) is 0 Å². The first-order valence-corrected chi connectivity index (χ1v) is 5.33. The molecular weight excluding hydrogens is 170 g/mol. The minimum atomic E-state index is -0.616. The van der Waals surface area contributed by atoms with Crippen LogP contribution in [0, 0.1) is 11.8 Å². The Balaban J connectivity index is 3.51. The van der Waals surface area contributed by atoms with E-state index in [2.05, 4.69) is 17.2 Å². The molecule has 3 heteroatoms. The van der Waals surface area contributed by atoms with Gasteiger partial charge in [-0.05, 0) is 20.1 Å². The molecule has 0 aliphatic heterocycles. The Morgan fingerprint density at radius 3 is 2.75 bits per heavy atom. The molecule has 0 aromatic carbocycles. The Morgan fingerprint density at radius 1 is 1.58 bits per heavy atom. The van der Waals surface area contributed by atoms with Gasteiger partial charge in [-0.3, -0.25) is 0 Å². The van der Waals surface area contributed by atoms with Gasteiger partial charge >= 0.3 is 0 Å². The Labute approximate surface area is 79.1 Å². The van der Waals surface area contributed by atoms with E-state index in [-0.39, 0.29) is 0 Å². The van der Waals surface area contributed by atoms with Crippen LogP contribution >= 0.6 is 11.8 Å². The van der Waals surface area contributed by atoms with Gasteiger partial charge in [-0.25, -0.2) is 0 Å². The topological polar surface area (TPSA) is 32.3 Å². The third-order valence-electron chi connectivity index (χ3n) is 1.35. The van der Waals surface area contributed by atoms with Crippen molar-refractivity contribution in [2.45, 2.75) is 19.4 Å². The zero-order valence-electron chi connectivity index (χ0n) is 7.98. The largest absolute Gasteiger partial charge is 0.388 e. The van der Waals surface area contributed by atoms with Gasteiger partial charge in [-0.2, -0.15) is 11.8 Å². The Hall–Kier alpha value is -0.170. The highest BCUT2D eigenvalue weighted by Crippen LogP contribution is 2.08. The van der Waals surface area contributed by atoms with Crippen LogP contribution in [0.2, 0.25) is 0 Å². The average Bonchev–Trinajstić information content (AvgIpc) is 1.98. The molecule has 2 nitrogen and oxygen atoms in total. The van der Waals surface area contributed by atoms with E-state index in [1.165, 1.54) is 0 Å². The first-order valence-electron chi connectivity index (χ1n) is 3.94. The van der Waals surface area contributed by atoms with Crippen molar-refractivity contribution in [3.8, 4) is 11.8 Å². The standard InChI is InChI=1S/C9H17NOS/c1-4-5-6-10-7-9(2,11)8-12-3/h10-11H,6-8H2,1-3H3. The summed E-state index contributed by atoms with van der Waals surface area (Å²) in [5.41, 5.74) is -0.616. The maximum Gasteiger partial charge on any atom is 0.0833 e. The summed E-state index contributed by atoms with van der Waals surface area (Å²) in [5.74, 6) is 6.42. The zero-order valence-corrected chi connectivity index (χ0v) is 8.79. The SMILES string of the molecule is CC#CCNCC(C)(O)CSC. The summed E-state index contributed by atoms with van der Waals surface area (Å²) in [4.78, 5) is 0. The summed E-state index contributed by atoms with van der Waals surface area (Å²) in [7, 11) is 0. The fourth-order valence-corrected chi connectivity index (χ4v) is 1.57. The summed E-state index contributed by atoms with van der Waals surface area (Å²) in [6.07, 6.45) is 1.99. The molecule has 0 saturated carbocycles. The Morgan fingerprint density at radius 2 is 2.25 bits per heavy atom. The van der Waals surface area contributed by atoms with Crippen molar-refractivity contribution >= 4 is 11.8 Å². The van der Waals surface area contributed by atoms with Gasteiger partial charge < -0.3 is 10.4 Å². The van der Waals surface area contributed by atoms with Crippen LogP contribution in [0.4, 0.5) is 0 Å². The number of hydrogen-bond donors (Lipinski definition) is 2. The van der Waals surface area contributed by atoms with Gasteiger partial charge in [0.05, 0.1) is 12.1 Å². The van der Waals surface area contributed by atoms with Crippen molar-refractivity contribution in [1.82, 2.24) is 5.32 Å².